The Bertz CT molecular complexity index is 788. The van der Waals surface area contributed by atoms with Crippen LogP contribution in [-0.2, 0) is 11.2 Å². The molecule has 0 aliphatic carbocycles. The highest BCUT2D eigenvalue weighted by molar-refractivity contribution is 7.10. The molecule has 23 heavy (non-hydrogen) atoms. The number of rotatable bonds is 5. The van der Waals surface area contributed by atoms with Crippen LogP contribution >= 0.6 is 11.3 Å². The summed E-state index contributed by atoms with van der Waals surface area (Å²) < 4.78 is 13.1. The fraction of sp³-hybridized carbons (Fsp3) is 0.0588. The van der Waals surface area contributed by atoms with Crippen molar-refractivity contribution >= 4 is 34.4 Å². The van der Waals surface area contributed by atoms with Crippen LogP contribution in [-0.4, -0.2) is 10.9 Å². The third kappa shape index (κ3) is 4.37. The monoisotopic (exact) mass is 327 g/mol. The van der Waals surface area contributed by atoms with Crippen LogP contribution in [0, 0.1) is 5.82 Å². The number of carbonyl (C=O) groups excluding carboxylic acids is 1. The molecule has 2 N–H and O–H groups in total. The van der Waals surface area contributed by atoms with Crippen molar-refractivity contribution in [2.24, 2.45) is 0 Å². The zero-order valence-corrected chi connectivity index (χ0v) is 12.9. The zero-order chi connectivity index (χ0) is 16.1. The first-order chi connectivity index (χ1) is 11.2. The van der Waals surface area contributed by atoms with Crippen LogP contribution in [0.3, 0.4) is 0 Å². The van der Waals surface area contributed by atoms with Crippen molar-refractivity contribution in [1.29, 1.82) is 0 Å². The number of aromatic nitrogens is 1. The van der Waals surface area contributed by atoms with Crippen molar-refractivity contribution in [1.82, 2.24) is 4.98 Å². The van der Waals surface area contributed by atoms with Gasteiger partial charge in [0.15, 0.2) is 0 Å². The molecule has 0 aliphatic heterocycles. The molecule has 1 amide bonds. The summed E-state index contributed by atoms with van der Waals surface area (Å²) in [6.45, 7) is 0. The molecule has 3 rings (SSSR count). The van der Waals surface area contributed by atoms with Gasteiger partial charge in [-0.25, -0.2) is 9.37 Å². The Morgan fingerprint density at radius 1 is 1.13 bits per heavy atom. The van der Waals surface area contributed by atoms with Gasteiger partial charge in [0.05, 0.1) is 18.3 Å². The molecule has 0 unspecified atom stereocenters. The van der Waals surface area contributed by atoms with Crippen molar-refractivity contribution in [3.05, 3.63) is 70.8 Å². The first-order valence-corrected chi connectivity index (χ1v) is 7.88. The largest absolute Gasteiger partial charge is 0.340 e. The maximum Gasteiger partial charge on any atom is 0.229 e. The quantitative estimate of drug-likeness (QED) is 0.738. The van der Waals surface area contributed by atoms with Crippen molar-refractivity contribution in [3.63, 3.8) is 0 Å². The van der Waals surface area contributed by atoms with E-state index in [9.17, 15) is 9.18 Å². The van der Waals surface area contributed by atoms with E-state index in [1.54, 1.807) is 41.8 Å². The summed E-state index contributed by atoms with van der Waals surface area (Å²) in [5.74, 6) is 0.180. The summed E-state index contributed by atoms with van der Waals surface area (Å²) in [5.41, 5.74) is 1.24. The maximum absolute atomic E-state index is 13.1. The molecule has 0 bridgehead atoms. The second kappa shape index (κ2) is 7.02. The fourth-order valence-electron chi connectivity index (χ4n) is 2.03. The lowest BCUT2D eigenvalue weighted by Crippen LogP contribution is -2.13. The van der Waals surface area contributed by atoms with Gasteiger partial charge in [0, 0.05) is 10.6 Å². The van der Waals surface area contributed by atoms with Crippen LogP contribution in [0.2, 0.25) is 0 Å². The summed E-state index contributed by atoms with van der Waals surface area (Å²) in [7, 11) is 0. The molecular weight excluding hydrogens is 313 g/mol. The Balaban J connectivity index is 1.59. The molecule has 3 aromatic rings. The summed E-state index contributed by atoms with van der Waals surface area (Å²) in [4.78, 5) is 17.1. The van der Waals surface area contributed by atoms with E-state index in [1.165, 1.54) is 12.1 Å². The van der Waals surface area contributed by atoms with Gasteiger partial charge >= 0.3 is 0 Å². The number of carbonyl (C=O) groups is 1. The third-order valence-electron chi connectivity index (χ3n) is 3.06. The predicted octanol–water partition coefficient (Wildman–Crippen LogP) is 4.21. The van der Waals surface area contributed by atoms with Gasteiger partial charge in [0.25, 0.3) is 0 Å². The number of halogens is 1. The van der Waals surface area contributed by atoms with Crippen LogP contribution in [0.1, 0.15) is 4.88 Å². The van der Waals surface area contributed by atoms with Gasteiger partial charge in [-0.15, -0.1) is 11.3 Å². The Kier molecular flexibility index (Phi) is 4.63. The number of hydrogen-bond acceptors (Lipinski definition) is 4. The SMILES string of the molecule is O=C(Cc1cccs1)Nc1ccc(Nc2cccc(F)c2)nc1. The Labute approximate surface area is 137 Å². The number of pyridine rings is 1. The first-order valence-electron chi connectivity index (χ1n) is 7.00. The van der Waals surface area contributed by atoms with E-state index in [0.717, 1.165) is 4.88 Å². The molecule has 1 aromatic carbocycles. The van der Waals surface area contributed by atoms with Crippen LogP contribution in [0.15, 0.2) is 60.1 Å². The number of nitrogens with one attached hydrogen (secondary N) is 2. The number of anilines is 3. The lowest BCUT2D eigenvalue weighted by Gasteiger charge is -2.07. The van der Waals surface area contributed by atoms with Crippen molar-refractivity contribution < 1.29 is 9.18 Å². The lowest BCUT2D eigenvalue weighted by atomic mass is 10.3. The van der Waals surface area contributed by atoms with Crippen molar-refractivity contribution in [2.45, 2.75) is 6.42 Å². The van der Waals surface area contributed by atoms with E-state index in [4.69, 9.17) is 0 Å². The minimum absolute atomic E-state index is 0.0833. The molecule has 2 heterocycles. The second-order valence-corrected chi connectivity index (χ2v) is 5.90. The van der Waals surface area contributed by atoms with Gasteiger partial charge in [-0.1, -0.05) is 12.1 Å². The van der Waals surface area contributed by atoms with Gasteiger partial charge in [-0.05, 0) is 41.8 Å². The Hall–Kier alpha value is -2.73. The van der Waals surface area contributed by atoms with E-state index >= 15 is 0 Å². The number of amides is 1. The molecule has 0 saturated heterocycles. The zero-order valence-electron chi connectivity index (χ0n) is 12.1. The average Bonchev–Trinajstić information content (AvgIpc) is 3.02. The highest BCUT2D eigenvalue weighted by atomic mass is 32.1. The van der Waals surface area contributed by atoms with Crippen LogP contribution in [0.25, 0.3) is 0 Å². The Morgan fingerprint density at radius 2 is 2.04 bits per heavy atom. The molecule has 4 nitrogen and oxygen atoms in total. The van der Waals surface area contributed by atoms with Crippen LogP contribution in [0.5, 0.6) is 0 Å². The molecule has 116 valence electrons. The molecule has 2 aromatic heterocycles. The predicted molar refractivity (Wildman–Crippen MR) is 90.6 cm³/mol. The van der Waals surface area contributed by atoms with Gasteiger partial charge in [-0.2, -0.15) is 0 Å². The third-order valence-corrected chi connectivity index (χ3v) is 3.94. The topological polar surface area (TPSA) is 54.0 Å². The average molecular weight is 327 g/mol. The van der Waals surface area contributed by atoms with Gasteiger partial charge < -0.3 is 10.6 Å². The normalized spacial score (nSPS) is 10.3. The standard InChI is InChI=1S/C17H14FN3OS/c18-12-3-1-4-13(9-12)20-16-7-6-14(11-19-16)21-17(22)10-15-5-2-8-23-15/h1-9,11H,10H2,(H,19,20)(H,21,22). The van der Waals surface area contributed by atoms with E-state index in [1.807, 2.05) is 17.5 Å². The molecule has 0 fully saturated rings. The van der Waals surface area contributed by atoms with E-state index < -0.39 is 0 Å². The fourth-order valence-corrected chi connectivity index (χ4v) is 2.74. The van der Waals surface area contributed by atoms with Crippen molar-refractivity contribution in [3.8, 4) is 0 Å². The van der Waals surface area contributed by atoms with E-state index in [2.05, 4.69) is 15.6 Å². The smallest absolute Gasteiger partial charge is 0.229 e. The number of nitrogens with zero attached hydrogens (tertiary/aromatic N) is 1. The maximum atomic E-state index is 13.1. The Morgan fingerprint density at radius 3 is 2.74 bits per heavy atom. The highest BCUT2D eigenvalue weighted by Crippen LogP contribution is 2.17. The summed E-state index contributed by atoms with van der Waals surface area (Å²) in [6.07, 6.45) is 1.91. The molecule has 0 aliphatic rings. The molecule has 0 spiro atoms. The molecule has 0 atom stereocenters. The number of hydrogen-bond donors (Lipinski definition) is 2. The van der Waals surface area contributed by atoms with Gasteiger partial charge in [0.2, 0.25) is 5.91 Å². The van der Waals surface area contributed by atoms with Crippen molar-refractivity contribution in [2.75, 3.05) is 10.6 Å². The molecule has 6 heteroatoms. The molecular formula is C17H14FN3OS. The minimum atomic E-state index is -0.313. The van der Waals surface area contributed by atoms with E-state index in [0.29, 0.717) is 23.6 Å². The van der Waals surface area contributed by atoms with E-state index in [-0.39, 0.29) is 11.7 Å². The second-order valence-electron chi connectivity index (χ2n) is 4.87. The minimum Gasteiger partial charge on any atom is -0.340 e. The summed E-state index contributed by atoms with van der Waals surface area (Å²) in [5, 5.41) is 7.74. The summed E-state index contributed by atoms with van der Waals surface area (Å²) in [6, 6.07) is 13.5. The number of benzene rings is 1. The number of thiophene rings is 1. The van der Waals surface area contributed by atoms with Gasteiger partial charge in [0.1, 0.15) is 11.6 Å². The highest BCUT2D eigenvalue weighted by Gasteiger charge is 2.05. The van der Waals surface area contributed by atoms with Crippen LogP contribution in [0.4, 0.5) is 21.6 Å². The first kappa shape index (κ1) is 15.2. The lowest BCUT2D eigenvalue weighted by molar-refractivity contribution is -0.115. The summed E-state index contributed by atoms with van der Waals surface area (Å²) >= 11 is 1.55. The van der Waals surface area contributed by atoms with Gasteiger partial charge in [-0.3, -0.25) is 4.79 Å². The molecule has 0 saturated carbocycles. The molecule has 0 radical (unpaired) electrons. The van der Waals surface area contributed by atoms with Crippen LogP contribution < -0.4 is 10.6 Å².